The van der Waals surface area contributed by atoms with Crippen molar-refractivity contribution in [3.8, 4) is 16.9 Å². The molecule has 0 unspecified atom stereocenters. The lowest BCUT2D eigenvalue weighted by atomic mass is 10.0. The molecule has 0 spiro atoms. The molecule has 0 saturated heterocycles. The second-order valence-electron chi connectivity index (χ2n) is 6.04. The summed E-state index contributed by atoms with van der Waals surface area (Å²) in [6.07, 6.45) is 0.705. The number of H-pyrrole nitrogens is 1. The van der Waals surface area contributed by atoms with Crippen LogP contribution in [0.5, 0.6) is 0 Å². The Morgan fingerprint density at radius 3 is 2.35 bits per heavy atom. The summed E-state index contributed by atoms with van der Waals surface area (Å²) >= 11 is 0. The van der Waals surface area contributed by atoms with E-state index in [-0.39, 0.29) is 5.56 Å². The van der Waals surface area contributed by atoms with Crippen LogP contribution < -0.4 is 5.56 Å². The minimum absolute atomic E-state index is 0.0361. The van der Waals surface area contributed by atoms with Crippen molar-refractivity contribution in [1.29, 1.82) is 0 Å². The standard InChI is InChI=1S/C20H22N2O/c1-5-17-19(18-9-7-6-8-14(18)3)21-22(20(17)23)16-11-10-13(2)15(4)12-16/h6-12,21H,5H2,1-4H3. The number of nitrogens with one attached hydrogen (secondary N) is 1. The first kappa shape index (κ1) is 15.3. The van der Waals surface area contributed by atoms with Crippen molar-refractivity contribution in [2.45, 2.75) is 34.1 Å². The van der Waals surface area contributed by atoms with Crippen LogP contribution in [0.3, 0.4) is 0 Å². The van der Waals surface area contributed by atoms with Crippen molar-refractivity contribution in [3.05, 3.63) is 75.1 Å². The van der Waals surface area contributed by atoms with Gasteiger partial charge in [-0.25, -0.2) is 4.68 Å². The number of benzene rings is 2. The van der Waals surface area contributed by atoms with Gasteiger partial charge in [0.05, 0.1) is 11.4 Å². The zero-order valence-electron chi connectivity index (χ0n) is 14.1. The number of nitrogens with zero attached hydrogens (tertiary/aromatic N) is 1. The predicted octanol–water partition coefficient (Wildman–Crippen LogP) is 4.32. The average Bonchev–Trinajstić information content (AvgIpc) is 2.87. The molecule has 0 bridgehead atoms. The Balaban J connectivity index is 2.23. The average molecular weight is 306 g/mol. The van der Waals surface area contributed by atoms with Crippen LogP contribution in [-0.4, -0.2) is 9.78 Å². The van der Waals surface area contributed by atoms with E-state index in [9.17, 15) is 4.79 Å². The molecule has 0 amide bonds. The molecule has 3 nitrogen and oxygen atoms in total. The molecule has 1 heterocycles. The Kier molecular flexibility index (Phi) is 3.95. The SMILES string of the molecule is CCc1c(-c2ccccc2C)[nH]n(-c2ccc(C)c(C)c2)c1=O. The molecule has 0 radical (unpaired) electrons. The Bertz CT molecular complexity index is 916. The first-order chi connectivity index (χ1) is 11.0. The summed E-state index contributed by atoms with van der Waals surface area (Å²) < 4.78 is 1.66. The van der Waals surface area contributed by atoms with Gasteiger partial charge < -0.3 is 0 Å². The van der Waals surface area contributed by atoms with Crippen molar-refractivity contribution in [2.24, 2.45) is 0 Å². The van der Waals surface area contributed by atoms with E-state index >= 15 is 0 Å². The molecule has 3 rings (SSSR count). The van der Waals surface area contributed by atoms with Gasteiger partial charge >= 0.3 is 0 Å². The van der Waals surface area contributed by atoms with Crippen LogP contribution >= 0.6 is 0 Å². The van der Waals surface area contributed by atoms with Gasteiger partial charge in [0.25, 0.3) is 5.56 Å². The summed E-state index contributed by atoms with van der Waals surface area (Å²) in [5.41, 5.74) is 7.33. The second kappa shape index (κ2) is 5.92. The molecule has 1 aromatic heterocycles. The fourth-order valence-corrected chi connectivity index (χ4v) is 2.92. The Hall–Kier alpha value is -2.55. The summed E-state index contributed by atoms with van der Waals surface area (Å²) in [6, 6.07) is 14.2. The highest BCUT2D eigenvalue weighted by atomic mass is 16.1. The van der Waals surface area contributed by atoms with Gasteiger partial charge in [0.2, 0.25) is 0 Å². The van der Waals surface area contributed by atoms with E-state index in [4.69, 9.17) is 0 Å². The Morgan fingerprint density at radius 2 is 1.70 bits per heavy atom. The number of hydrogen-bond acceptors (Lipinski definition) is 1. The molecule has 0 fully saturated rings. The van der Waals surface area contributed by atoms with Crippen LogP contribution in [0.25, 0.3) is 16.9 Å². The zero-order valence-corrected chi connectivity index (χ0v) is 14.1. The van der Waals surface area contributed by atoms with E-state index in [1.807, 2.05) is 31.2 Å². The summed E-state index contributed by atoms with van der Waals surface area (Å²) in [7, 11) is 0. The third-order valence-electron chi connectivity index (χ3n) is 4.50. The van der Waals surface area contributed by atoms with Crippen LogP contribution in [0.2, 0.25) is 0 Å². The van der Waals surface area contributed by atoms with Crippen LogP contribution in [0.15, 0.2) is 47.3 Å². The van der Waals surface area contributed by atoms with E-state index in [0.29, 0.717) is 6.42 Å². The van der Waals surface area contributed by atoms with Gasteiger partial charge in [-0.05, 0) is 56.0 Å². The third kappa shape index (κ3) is 2.63. The second-order valence-corrected chi connectivity index (χ2v) is 6.04. The van der Waals surface area contributed by atoms with Crippen LogP contribution in [-0.2, 0) is 6.42 Å². The molecular formula is C20H22N2O. The molecule has 3 aromatic rings. The van der Waals surface area contributed by atoms with Crippen molar-refractivity contribution >= 4 is 0 Å². The van der Waals surface area contributed by atoms with Gasteiger partial charge in [0.15, 0.2) is 0 Å². The first-order valence-corrected chi connectivity index (χ1v) is 8.00. The molecule has 2 aromatic carbocycles. The molecule has 0 aliphatic carbocycles. The lowest BCUT2D eigenvalue weighted by molar-refractivity contribution is 0.847. The monoisotopic (exact) mass is 306 g/mol. The highest BCUT2D eigenvalue weighted by molar-refractivity contribution is 5.66. The van der Waals surface area contributed by atoms with Gasteiger partial charge in [-0.2, -0.15) is 0 Å². The Labute approximate surface area is 136 Å². The van der Waals surface area contributed by atoms with Gasteiger partial charge in [-0.15, -0.1) is 0 Å². The van der Waals surface area contributed by atoms with Crippen molar-refractivity contribution in [2.75, 3.05) is 0 Å². The Morgan fingerprint density at radius 1 is 0.957 bits per heavy atom. The van der Waals surface area contributed by atoms with Crippen molar-refractivity contribution < 1.29 is 0 Å². The molecule has 23 heavy (non-hydrogen) atoms. The number of aromatic nitrogens is 2. The molecular weight excluding hydrogens is 284 g/mol. The summed E-state index contributed by atoms with van der Waals surface area (Å²) in [5, 5.41) is 3.33. The van der Waals surface area contributed by atoms with Crippen LogP contribution in [0, 0.1) is 20.8 Å². The van der Waals surface area contributed by atoms with E-state index in [0.717, 1.165) is 28.1 Å². The third-order valence-corrected chi connectivity index (χ3v) is 4.50. The van der Waals surface area contributed by atoms with Crippen molar-refractivity contribution in [3.63, 3.8) is 0 Å². The maximum atomic E-state index is 12.8. The largest absolute Gasteiger partial charge is 0.290 e. The maximum Gasteiger partial charge on any atom is 0.275 e. The quantitative estimate of drug-likeness (QED) is 0.769. The summed E-state index contributed by atoms with van der Waals surface area (Å²) in [4.78, 5) is 12.8. The minimum Gasteiger partial charge on any atom is -0.290 e. The lowest BCUT2D eigenvalue weighted by Crippen LogP contribution is -2.17. The number of hydrogen-bond donors (Lipinski definition) is 1. The van der Waals surface area contributed by atoms with Crippen molar-refractivity contribution in [1.82, 2.24) is 9.78 Å². The minimum atomic E-state index is 0.0361. The first-order valence-electron chi connectivity index (χ1n) is 8.00. The lowest BCUT2D eigenvalue weighted by Gasteiger charge is -2.07. The molecule has 118 valence electrons. The molecule has 0 aliphatic rings. The van der Waals surface area contributed by atoms with E-state index in [2.05, 4.69) is 44.1 Å². The fraction of sp³-hybridized carbons (Fsp3) is 0.250. The molecule has 0 aliphatic heterocycles. The predicted molar refractivity (Wildman–Crippen MR) is 95.4 cm³/mol. The van der Waals surface area contributed by atoms with Gasteiger partial charge in [0, 0.05) is 11.1 Å². The van der Waals surface area contributed by atoms with E-state index in [1.54, 1.807) is 4.68 Å². The summed E-state index contributed by atoms with van der Waals surface area (Å²) in [6.45, 7) is 8.24. The highest BCUT2D eigenvalue weighted by Gasteiger charge is 2.16. The summed E-state index contributed by atoms with van der Waals surface area (Å²) in [5.74, 6) is 0. The fourth-order valence-electron chi connectivity index (χ4n) is 2.92. The molecule has 0 saturated carbocycles. The van der Waals surface area contributed by atoms with Crippen LogP contribution in [0.1, 0.15) is 29.2 Å². The number of aryl methyl sites for hydroxylation is 3. The topological polar surface area (TPSA) is 37.8 Å². The zero-order chi connectivity index (χ0) is 16.6. The molecule has 1 N–H and O–H groups in total. The van der Waals surface area contributed by atoms with E-state index in [1.165, 1.54) is 11.1 Å². The molecule has 0 atom stereocenters. The normalized spacial score (nSPS) is 11.0. The van der Waals surface area contributed by atoms with E-state index < -0.39 is 0 Å². The van der Waals surface area contributed by atoms with Crippen LogP contribution in [0.4, 0.5) is 0 Å². The van der Waals surface area contributed by atoms with Gasteiger partial charge in [-0.1, -0.05) is 37.3 Å². The maximum absolute atomic E-state index is 12.8. The molecule has 3 heteroatoms. The van der Waals surface area contributed by atoms with Gasteiger partial charge in [-0.3, -0.25) is 9.89 Å². The smallest absolute Gasteiger partial charge is 0.275 e. The highest BCUT2D eigenvalue weighted by Crippen LogP contribution is 2.24. The number of rotatable bonds is 3. The number of aromatic amines is 1. The van der Waals surface area contributed by atoms with Gasteiger partial charge in [0.1, 0.15) is 0 Å².